The summed E-state index contributed by atoms with van der Waals surface area (Å²) in [6.45, 7) is 3.27. The summed E-state index contributed by atoms with van der Waals surface area (Å²) in [4.78, 5) is 0. The third-order valence-corrected chi connectivity index (χ3v) is 3.04. The molecule has 1 aliphatic rings. The van der Waals surface area contributed by atoms with Gasteiger partial charge >= 0.3 is 0 Å². The van der Waals surface area contributed by atoms with Gasteiger partial charge in [-0.3, -0.25) is 0 Å². The van der Waals surface area contributed by atoms with Crippen molar-refractivity contribution in [2.24, 2.45) is 0 Å². The van der Waals surface area contributed by atoms with Crippen molar-refractivity contribution in [1.82, 2.24) is 10.6 Å². The molecule has 88 valence electrons. The second-order valence-corrected chi connectivity index (χ2v) is 4.25. The fourth-order valence-corrected chi connectivity index (χ4v) is 2.09. The van der Waals surface area contributed by atoms with E-state index in [0.29, 0.717) is 6.04 Å². The third kappa shape index (κ3) is 3.22. The molecule has 1 heterocycles. The van der Waals surface area contributed by atoms with Crippen molar-refractivity contribution >= 4 is 0 Å². The Morgan fingerprint density at radius 2 is 2.31 bits per heavy atom. The van der Waals surface area contributed by atoms with E-state index < -0.39 is 0 Å². The summed E-state index contributed by atoms with van der Waals surface area (Å²) in [6, 6.07) is 8.94. The van der Waals surface area contributed by atoms with Crippen molar-refractivity contribution in [3.05, 3.63) is 29.8 Å². The van der Waals surface area contributed by atoms with Crippen LogP contribution < -0.4 is 15.4 Å². The summed E-state index contributed by atoms with van der Waals surface area (Å²) in [6.07, 6.45) is 2.29. The van der Waals surface area contributed by atoms with E-state index in [1.54, 1.807) is 7.11 Å². The Labute approximate surface area is 97.2 Å². The Hall–Kier alpha value is -1.06. The lowest BCUT2D eigenvalue weighted by Crippen LogP contribution is -2.48. The molecular formula is C13H20N2O. The number of nitrogens with one attached hydrogen (secondary N) is 2. The second-order valence-electron chi connectivity index (χ2n) is 4.25. The van der Waals surface area contributed by atoms with Crippen LogP contribution in [0.2, 0.25) is 0 Å². The van der Waals surface area contributed by atoms with Crippen LogP contribution in [0.3, 0.4) is 0 Å². The fourth-order valence-electron chi connectivity index (χ4n) is 2.09. The number of ether oxygens (including phenoxy) is 1. The zero-order chi connectivity index (χ0) is 11.2. The minimum absolute atomic E-state index is 0.611. The van der Waals surface area contributed by atoms with Crippen LogP contribution in [0.5, 0.6) is 5.75 Å². The highest BCUT2D eigenvalue weighted by Crippen LogP contribution is 2.14. The van der Waals surface area contributed by atoms with Crippen LogP contribution in [0.15, 0.2) is 24.3 Å². The Bertz CT molecular complexity index is 321. The predicted octanol–water partition coefficient (Wildman–Crippen LogP) is 1.19. The lowest BCUT2D eigenvalue weighted by molar-refractivity contribution is 0.398. The van der Waals surface area contributed by atoms with Crippen molar-refractivity contribution < 1.29 is 4.74 Å². The van der Waals surface area contributed by atoms with E-state index in [9.17, 15) is 0 Å². The molecule has 3 heteroatoms. The van der Waals surface area contributed by atoms with E-state index in [-0.39, 0.29) is 0 Å². The monoisotopic (exact) mass is 220 g/mol. The molecule has 1 aromatic carbocycles. The van der Waals surface area contributed by atoms with E-state index in [4.69, 9.17) is 4.74 Å². The summed E-state index contributed by atoms with van der Waals surface area (Å²) in [7, 11) is 1.71. The van der Waals surface area contributed by atoms with E-state index >= 15 is 0 Å². The zero-order valence-corrected chi connectivity index (χ0v) is 9.83. The highest BCUT2D eigenvalue weighted by Gasteiger charge is 2.11. The molecule has 0 bridgehead atoms. The fraction of sp³-hybridized carbons (Fsp3) is 0.538. The van der Waals surface area contributed by atoms with Crippen LogP contribution in [0, 0.1) is 0 Å². The van der Waals surface area contributed by atoms with Gasteiger partial charge in [0.15, 0.2) is 0 Å². The molecule has 1 unspecified atom stereocenters. The molecule has 1 fully saturated rings. The van der Waals surface area contributed by atoms with Gasteiger partial charge in [0.25, 0.3) is 0 Å². The van der Waals surface area contributed by atoms with Gasteiger partial charge in [0.2, 0.25) is 0 Å². The number of aryl methyl sites for hydroxylation is 1. The van der Waals surface area contributed by atoms with Crippen molar-refractivity contribution in [3.8, 4) is 5.75 Å². The minimum atomic E-state index is 0.611. The number of piperazine rings is 1. The van der Waals surface area contributed by atoms with E-state index in [1.165, 1.54) is 12.0 Å². The second kappa shape index (κ2) is 5.87. The topological polar surface area (TPSA) is 33.3 Å². The van der Waals surface area contributed by atoms with Crippen molar-refractivity contribution in [3.63, 3.8) is 0 Å². The SMILES string of the molecule is COc1cccc(CCC2CNCCN2)c1. The van der Waals surface area contributed by atoms with Crippen molar-refractivity contribution in [2.45, 2.75) is 18.9 Å². The molecule has 0 radical (unpaired) electrons. The zero-order valence-electron chi connectivity index (χ0n) is 9.83. The quantitative estimate of drug-likeness (QED) is 0.799. The number of hydrogen-bond donors (Lipinski definition) is 2. The van der Waals surface area contributed by atoms with Gasteiger partial charge in [-0.25, -0.2) is 0 Å². The first-order valence-corrected chi connectivity index (χ1v) is 5.95. The molecule has 0 spiro atoms. The molecular weight excluding hydrogens is 200 g/mol. The molecule has 1 aromatic rings. The maximum atomic E-state index is 5.22. The average Bonchev–Trinajstić information content (AvgIpc) is 2.38. The first-order valence-electron chi connectivity index (χ1n) is 5.95. The largest absolute Gasteiger partial charge is 0.497 e. The standard InChI is InChI=1S/C13H20N2O/c1-16-13-4-2-3-11(9-13)5-6-12-10-14-7-8-15-12/h2-4,9,12,14-15H,5-8,10H2,1H3. The Kier molecular flexibility index (Phi) is 4.19. The lowest BCUT2D eigenvalue weighted by Gasteiger charge is -2.24. The minimum Gasteiger partial charge on any atom is -0.497 e. The van der Waals surface area contributed by atoms with Crippen LogP contribution in [0.25, 0.3) is 0 Å². The van der Waals surface area contributed by atoms with Gasteiger partial charge in [-0.15, -0.1) is 0 Å². The highest BCUT2D eigenvalue weighted by atomic mass is 16.5. The molecule has 0 saturated carbocycles. The number of rotatable bonds is 4. The molecule has 1 atom stereocenters. The lowest BCUT2D eigenvalue weighted by atomic mass is 10.0. The maximum absolute atomic E-state index is 5.22. The van der Waals surface area contributed by atoms with Gasteiger partial charge in [-0.05, 0) is 30.5 Å². The summed E-state index contributed by atoms with van der Waals surface area (Å²) < 4.78 is 5.22. The van der Waals surface area contributed by atoms with Gasteiger partial charge < -0.3 is 15.4 Å². The first-order chi connectivity index (χ1) is 7.88. The first kappa shape index (κ1) is 11.4. The van der Waals surface area contributed by atoms with Crippen LogP contribution >= 0.6 is 0 Å². The van der Waals surface area contributed by atoms with Crippen LogP contribution in [-0.2, 0) is 6.42 Å². The molecule has 0 amide bonds. The van der Waals surface area contributed by atoms with Crippen LogP contribution in [0.1, 0.15) is 12.0 Å². The Morgan fingerprint density at radius 1 is 1.38 bits per heavy atom. The predicted molar refractivity (Wildman–Crippen MR) is 66.0 cm³/mol. The Balaban J connectivity index is 1.83. The molecule has 16 heavy (non-hydrogen) atoms. The molecule has 2 rings (SSSR count). The summed E-state index contributed by atoms with van der Waals surface area (Å²) in [5.41, 5.74) is 1.35. The Morgan fingerprint density at radius 3 is 3.06 bits per heavy atom. The van der Waals surface area contributed by atoms with Gasteiger partial charge in [0.05, 0.1) is 7.11 Å². The molecule has 3 nitrogen and oxygen atoms in total. The van der Waals surface area contributed by atoms with Gasteiger partial charge in [-0.1, -0.05) is 12.1 Å². The normalized spacial score (nSPS) is 20.7. The molecule has 0 aromatic heterocycles. The van der Waals surface area contributed by atoms with Crippen LogP contribution in [0.4, 0.5) is 0 Å². The van der Waals surface area contributed by atoms with E-state index in [1.807, 2.05) is 6.07 Å². The molecule has 1 aliphatic heterocycles. The summed E-state index contributed by atoms with van der Waals surface area (Å²) >= 11 is 0. The van der Waals surface area contributed by atoms with Gasteiger partial charge in [0, 0.05) is 25.7 Å². The average molecular weight is 220 g/mol. The number of benzene rings is 1. The van der Waals surface area contributed by atoms with Gasteiger partial charge in [0.1, 0.15) is 5.75 Å². The van der Waals surface area contributed by atoms with Crippen molar-refractivity contribution in [2.75, 3.05) is 26.7 Å². The third-order valence-electron chi connectivity index (χ3n) is 3.04. The molecule has 2 N–H and O–H groups in total. The molecule has 1 saturated heterocycles. The summed E-state index contributed by atoms with van der Waals surface area (Å²) in [5, 5.41) is 6.93. The summed E-state index contributed by atoms with van der Waals surface area (Å²) in [5.74, 6) is 0.951. The molecule has 0 aliphatic carbocycles. The van der Waals surface area contributed by atoms with Crippen molar-refractivity contribution in [1.29, 1.82) is 0 Å². The number of methoxy groups -OCH3 is 1. The van der Waals surface area contributed by atoms with E-state index in [0.717, 1.165) is 31.8 Å². The highest BCUT2D eigenvalue weighted by molar-refractivity contribution is 5.28. The van der Waals surface area contributed by atoms with Crippen LogP contribution in [-0.4, -0.2) is 32.8 Å². The van der Waals surface area contributed by atoms with E-state index in [2.05, 4.69) is 28.8 Å². The number of hydrogen-bond acceptors (Lipinski definition) is 3. The van der Waals surface area contributed by atoms with Gasteiger partial charge in [-0.2, -0.15) is 0 Å². The smallest absolute Gasteiger partial charge is 0.119 e. The maximum Gasteiger partial charge on any atom is 0.119 e.